The van der Waals surface area contributed by atoms with Crippen molar-refractivity contribution in [2.24, 2.45) is 17.8 Å². The molecule has 2 aliphatic heterocycles. The molecule has 2 saturated heterocycles. The number of hydrogen-bond acceptors (Lipinski definition) is 7. The van der Waals surface area contributed by atoms with Crippen molar-refractivity contribution >= 4 is 34.8 Å². The SMILES string of the molecule is CCCC1=C2[C@@H](CC/C(=C/c3ccc(CO)o3)c3ccccn3)OC[C@@H]2[C@@H]2C(=O)N(Cc3cccs3)C(=O)[C@@H]2C1. The zero-order valence-corrected chi connectivity index (χ0v) is 23.4. The lowest BCUT2D eigenvalue weighted by Gasteiger charge is -2.32. The van der Waals surface area contributed by atoms with Crippen LogP contribution in [0.1, 0.15) is 61.1 Å². The summed E-state index contributed by atoms with van der Waals surface area (Å²) in [6.45, 7) is 2.85. The van der Waals surface area contributed by atoms with E-state index < -0.39 is 0 Å². The zero-order valence-electron chi connectivity index (χ0n) is 22.6. The molecule has 2 amide bonds. The van der Waals surface area contributed by atoms with Crippen molar-refractivity contribution in [3.8, 4) is 0 Å². The normalized spacial score (nSPS) is 24.6. The Kier molecular flexibility index (Phi) is 7.82. The molecule has 5 heterocycles. The third-order valence-corrected chi connectivity index (χ3v) is 9.23. The molecule has 0 radical (unpaired) electrons. The first-order valence-corrected chi connectivity index (χ1v) is 15.0. The highest BCUT2D eigenvalue weighted by atomic mass is 32.1. The number of carbonyl (C=O) groups is 2. The molecule has 0 bridgehead atoms. The molecule has 40 heavy (non-hydrogen) atoms. The number of amides is 2. The average molecular weight is 559 g/mol. The first kappa shape index (κ1) is 26.9. The fourth-order valence-electron chi connectivity index (χ4n) is 6.63. The Morgan fingerprint density at radius 2 is 2.05 bits per heavy atom. The van der Waals surface area contributed by atoms with Gasteiger partial charge in [-0.15, -0.1) is 11.3 Å². The number of carbonyl (C=O) groups excluding carboxylic acids is 2. The predicted octanol–water partition coefficient (Wildman–Crippen LogP) is 5.87. The molecule has 3 aromatic heterocycles. The van der Waals surface area contributed by atoms with Crippen LogP contribution in [0.15, 0.2) is 69.6 Å². The van der Waals surface area contributed by atoms with Crippen molar-refractivity contribution in [3.05, 3.63) is 87.3 Å². The number of likely N-dealkylation sites (tertiary alicyclic amines) is 1. The van der Waals surface area contributed by atoms with E-state index in [1.165, 1.54) is 16.0 Å². The van der Waals surface area contributed by atoms with Crippen molar-refractivity contribution < 1.29 is 23.8 Å². The molecule has 7 nitrogen and oxygen atoms in total. The number of aliphatic hydroxyl groups excluding tert-OH is 1. The molecule has 3 aliphatic rings. The van der Waals surface area contributed by atoms with Crippen molar-refractivity contribution in [2.75, 3.05) is 6.61 Å². The van der Waals surface area contributed by atoms with E-state index in [1.807, 2.05) is 47.9 Å². The standard InChI is InChI=1S/C32H34N2O5S/c1-2-6-21-16-25-30(32(37)34(31(25)36)17-24-7-5-14-40-24)26-19-38-28(29(21)26)12-9-20(27-8-3-4-13-33-27)15-22-10-11-23(18-35)39-22/h3-5,7-8,10-11,13-15,25-26,28,30,35H,2,6,9,12,16-19H2,1H3/b20-15-/t25-,26+,28-,30-/m1/s1. The summed E-state index contributed by atoms with van der Waals surface area (Å²) in [5.41, 5.74) is 4.44. The number of fused-ring (bicyclic) bond motifs is 3. The van der Waals surface area contributed by atoms with Crippen LogP contribution in [0.5, 0.6) is 0 Å². The minimum absolute atomic E-state index is 0.0272. The summed E-state index contributed by atoms with van der Waals surface area (Å²) in [6, 6.07) is 13.4. The van der Waals surface area contributed by atoms with Gasteiger partial charge in [0.25, 0.3) is 0 Å². The molecule has 0 saturated carbocycles. The summed E-state index contributed by atoms with van der Waals surface area (Å²) in [6.07, 6.45) is 7.66. The van der Waals surface area contributed by atoms with Crippen LogP contribution in [0, 0.1) is 17.8 Å². The average Bonchev–Trinajstić information content (AvgIpc) is 3.78. The highest BCUT2D eigenvalue weighted by Crippen LogP contribution is 2.51. The number of pyridine rings is 1. The van der Waals surface area contributed by atoms with E-state index >= 15 is 0 Å². The maximum Gasteiger partial charge on any atom is 0.234 e. The third kappa shape index (κ3) is 5.11. The second-order valence-electron chi connectivity index (χ2n) is 10.8. The highest BCUT2D eigenvalue weighted by molar-refractivity contribution is 7.09. The molecule has 8 heteroatoms. The van der Waals surface area contributed by atoms with Gasteiger partial charge in [-0.2, -0.15) is 0 Å². The summed E-state index contributed by atoms with van der Waals surface area (Å²) in [4.78, 5) is 34.2. The minimum Gasteiger partial charge on any atom is -0.459 e. The molecule has 2 fully saturated rings. The molecule has 208 valence electrons. The lowest BCUT2D eigenvalue weighted by molar-refractivity contribution is -0.140. The molecule has 0 aromatic carbocycles. The highest BCUT2D eigenvalue weighted by Gasteiger charge is 2.56. The van der Waals surface area contributed by atoms with Crippen LogP contribution in [0.3, 0.4) is 0 Å². The van der Waals surface area contributed by atoms with Crippen LogP contribution in [-0.2, 0) is 27.5 Å². The van der Waals surface area contributed by atoms with Crippen LogP contribution in [0.2, 0.25) is 0 Å². The van der Waals surface area contributed by atoms with Gasteiger partial charge < -0.3 is 14.3 Å². The monoisotopic (exact) mass is 558 g/mol. The number of imide groups is 1. The Morgan fingerprint density at radius 3 is 2.77 bits per heavy atom. The number of allylic oxidation sites excluding steroid dienone is 2. The topological polar surface area (TPSA) is 92.9 Å². The van der Waals surface area contributed by atoms with E-state index in [4.69, 9.17) is 9.15 Å². The quantitative estimate of drug-likeness (QED) is 0.247. The van der Waals surface area contributed by atoms with Gasteiger partial charge in [0.05, 0.1) is 36.8 Å². The van der Waals surface area contributed by atoms with Crippen molar-refractivity contribution in [3.63, 3.8) is 0 Å². The molecule has 3 aromatic rings. The maximum atomic E-state index is 13.7. The Morgan fingerprint density at radius 1 is 1.15 bits per heavy atom. The molecule has 0 spiro atoms. The lowest BCUT2D eigenvalue weighted by Crippen LogP contribution is -2.34. The summed E-state index contributed by atoms with van der Waals surface area (Å²) in [5, 5.41) is 11.4. The number of ether oxygens (including phenoxy) is 1. The molecule has 4 atom stereocenters. The van der Waals surface area contributed by atoms with Gasteiger partial charge >= 0.3 is 0 Å². The lowest BCUT2D eigenvalue weighted by atomic mass is 9.68. The fraction of sp³-hybridized carbons (Fsp3) is 0.406. The smallest absolute Gasteiger partial charge is 0.234 e. The first-order chi connectivity index (χ1) is 19.6. The molecular formula is C32H34N2O5S. The van der Waals surface area contributed by atoms with E-state index in [0.717, 1.165) is 35.4 Å². The van der Waals surface area contributed by atoms with Gasteiger partial charge in [-0.05, 0) is 78.6 Å². The van der Waals surface area contributed by atoms with Gasteiger partial charge in [0.15, 0.2) is 0 Å². The van der Waals surface area contributed by atoms with Crippen LogP contribution in [0.25, 0.3) is 11.6 Å². The second-order valence-corrected chi connectivity index (χ2v) is 11.8. The Balaban J connectivity index is 1.25. The van der Waals surface area contributed by atoms with Gasteiger partial charge in [0.2, 0.25) is 11.8 Å². The molecular weight excluding hydrogens is 524 g/mol. The van der Waals surface area contributed by atoms with Crippen molar-refractivity contribution in [1.82, 2.24) is 9.88 Å². The Hall–Kier alpha value is -3.33. The largest absolute Gasteiger partial charge is 0.459 e. The number of aromatic nitrogens is 1. The van der Waals surface area contributed by atoms with Gasteiger partial charge in [-0.1, -0.05) is 31.1 Å². The van der Waals surface area contributed by atoms with Gasteiger partial charge in [-0.25, -0.2) is 0 Å². The van der Waals surface area contributed by atoms with Crippen LogP contribution < -0.4 is 0 Å². The predicted molar refractivity (Wildman–Crippen MR) is 153 cm³/mol. The van der Waals surface area contributed by atoms with Crippen molar-refractivity contribution in [1.29, 1.82) is 0 Å². The van der Waals surface area contributed by atoms with E-state index in [9.17, 15) is 14.7 Å². The van der Waals surface area contributed by atoms with Crippen LogP contribution in [-0.4, -0.2) is 39.5 Å². The summed E-state index contributed by atoms with van der Waals surface area (Å²) in [5.74, 6) is 0.450. The van der Waals surface area contributed by atoms with E-state index in [-0.39, 0.29) is 42.3 Å². The molecule has 1 N–H and O–H groups in total. The van der Waals surface area contributed by atoms with Gasteiger partial charge in [-0.3, -0.25) is 19.5 Å². The minimum atomic E-state index is -0.334. The van der Waals surface area contributed by atoms with E-state index in [1.54, 1.807) is 23.6 Å². The first-order valence-electron chi connectivity index (χ1n) is 14.1. The molecule has 1 aliphatic carbocycles. The molecule has 6 rings (SSSR count). The number of aliphatic hydroxyl groups is 1. The summed E-state index contributed by atoms with van der Waals surface area (Å²) in [7, 11) is 0. The van der Waals surface area contributed by atoms with E-state index in [2.05, 4.69) is 11.9 Å². The van der Waals surface area contributed by atoms with Crippen LogP contribution in [0.4, 0.5) is 0 Å². The summed E-state index contributed by atoms with van der Waals surface area (Å²) < 4.78 is 12.2. The zero-order chi connectivity index (χ0) is 27.6. The fourth-order valence-corrected chi connectivity index (χ4v) is 7.33. The summed E-state index contributed by atoms with van der Waals surface area (Å²) >= 11 is 1.58. The maximum absolute atomic E-state index is 13.7. The number of furan rings is 1. The number of rotatable bonds is 10. The molecule has 0 unspecified atom stereocenters. The Bertz CT molecular complexity index is 1420. The second kappa shape index (κ2) is 11.6. The van der Waals surface area contributed by atoms with Crippen LogP contribution >= 0.6 is 11.3 Å². The number of thiophene rings is 1. The van der Waals surface area contributed by atoms with Gasteiger partial charge in [0, 0.05) is 17.0 Å². The van der Waals surface area contributed by atoms with Crippen molar-refractivity contribution in [2.45, 2.75) is 58.3 Å². The van der Waals surface area contributed by atoms with E-state index in [0.29, 0.717) is 37.5 Å². The third-order valence-electron chi connectivity index (χ3n) is 8.37. The Labute approximate surface area is 238 Å². The number of nitrogens with zero attached hydrogens (tertiary/aromatic N) is 2. The van der Waals surface area contributed by atoms with Gasteiger partial charge in [0.1, 0.15) is 18.1 Å². The number of hydrogen-bond donors (Lipinski definition) is 1.